The Morgan fingerprint density at radius 1 is 1.54 bits per heavy atom. The summed E-state index contributed by atoms with van der Waals surface area (Å²) in [5, 5.41) is 0. The molecular formula is C10H13N3. The van der Waals surface area contributed by atoms with Gasteiger partial charge in [0.1, 0.15) is 12.1 Å². The zero-order chi connectivity index (χ0) is 9.84. The Balaban J connectivity index is 3.07. The van der Waals surface area contributed by atoms with Crippen LogP contribution in [0.5, 0.6) is 0 Å². The summed E-state index contributed by atoms with van der Waals surface area (Å²) in [6, 6.07) is 0. The van der Waals surface area contributed by atoms with Gasteiger partial charge < -0.3 is 5.73 Å². The highest BCUT2D eigenvalue weighted by Crippen LogP contribution is 2.25. The van der Waals surface area contributed by atoms with Gasteiger partial charge in [-0.2, -0.15) is 0 Å². The fourth-order valence-electron chi connectivity index (χ4n) is 1.23. The minimum absolute atomic E-state index is 0.00111. The minimum atomic E-state index is 0.00111. The third kappa shape index (κ3) is 1.97. The minimum Gasteiger partial charge on any atom is -0.383 e. The predicted octanol–water partition coefficient (Wildman–Crippen LogP) is 1.43. The first kappa shape index (κ1) is 9.53. The van der Waals surface area contributed by atoms with Crippen molar-refractivity contribution >= 4 is 5.82 Å². The Kier molecular flexibility index (Phi) is 2.86. The van der Waals surface area contributed by atoms with E-state index in [0.717, 1.165) is 5.56 Å². The zero-order valence-corrected chi connectivity index (χ0v) is 7.86. The average Bonchev–Trinajstić information content (AvgIpc) is 2.09. The van der Waals surface area contributed by atoms with Crippen LogP contribution in [0.2, 0.25) is 0 Å². The van der Waals surface area contributed by atoms with E-state index in [1.54, 1.807) is 6.20 Å². The molecule has 3 nitrogen and oxygen atoms in total. The Hall–Kier alpha value is -1.56. The summed E-state index contributed by atoms with van der Waals surface area (Å²) in [7, 11) is 0. The van der Waals surface area contributed by atoms with Gasteiger partial charge in [0.15, 0.2) is 0 Å². The van der Waals surface area contributed by atoms with Crippen LogP contribution >= 0.6 is 0 Å². The fraction of sp³-hybridized carbons (Fsp3) is 0.400. The second-order valence-corrected chi connectivity index (χ2v) is 3.25. The van der Waals surface area contributed by atoms with Gasteiger partial charge in [0.25, 0.3) is 0 Å². The predicted molar refractivity (Wildman–Crippen MR) is 52.9 cm³/mol. The molecule has 0 aliphatic rings. The first-order chi connectivity index (χ1) is 6.16. The summed E-state index contributed by atoms with van der Waals surface area (Å²) in [5.41, 5.74) is 6.54. The number of hydrogen-bond acceptors (Lipinski definition) is 3. The molecule has 0 aliphatic heterocycles. The third-order valence-corrected chi connectivity index (χ3v) is 1.95. The smallest absolute Gasteiger partial charge is 0.131 e. The lowest BCUT2D eigenvalue weighted by molar-refractivity contribution is 0.590. The lowest BCUT2D eigenvalue weighted by Crippen LogP contribution is -2.08. The van der Waals surface area contributed by atoms with Gasteiger partial charge in [0.2, 0.25) is 0 Å². The molecule has 0 fully saturated rings. The van der Waals surface area contributed by atoms with E-state index in [4.69, 9.17) is 12.2 Å². The number of anilines is 1. The maximum absolute atomic E-state index is 5.69. The summed E-state index contributed by atoms with van der Waals surface area (Å²) >= 11 is 0. The maximum atomic E-state index is 5.69. The molecule has 0 radical (unpaired) electrons. The molecule has 1 aromatic rings. The van der Waals surface area contributed by atoms with Gasteiger partial charge in [0.05, 0.1) is 5.92 Å². The normalized spacial score (nSPS) is 12.5. The van der Waals surface area contributed by atoms with Crippen LogP contribution in [-0.4, -0.2) is 9.97 Å². The molecule has 0 amide bonds. The molecule has 3 heteroatoms. The summed E-state index contributed by atoms with van der Waals surface area (Å²) < 4.78 is 0. The van der Waals surface area contributed by atoms with E-state index in [1.807, 2.05) is 0 Å². The van der Waals surface area contributed by atoms with E-state index in [-0.39, 0.29) is 5.92 Å². The van der Waals surface area contributed by atoms with Crippen molar-refractivity contribution in [2.24, 2.45) is 5.92 Å². The molecule has 0 saturated carbocycles. The lowest BCUT2D eigenvalue weighted by atomic mass is 9.90. The maximum Gasteiger partial charge on any atom is 0.131 e. The van der Waals surface area contributed by atoms with Crippen molar-refractivity contribution < 1.29 is 0 Å². The van der Waals surface area contributed by atoms with E-state index in [0.29, 0.717) is 11.7 Å². The van der Waals surface area contributed by atoms with Crippen molar-refractivity contribution in [2.75, 3.05) is 5.73 Å². The first-order valence-electron chi connectivity index (χ1n) is 4.18. The molecule has 1 unspecified atom stereocenters. The molecular weight excluding hydrogens is 162 g/mol. The van der Waals surface area contributed by atoms with E-state index >= 15 is 0 Å². The first-order valence-corrected chi connectivity index (χ1v) is 4.18. The van der Waals surface area contributed by atoms with Gasteiger partial charge in [-0.05, 0) is 5.92 Å². The van der Waals surface area contributed by atoms with Crippen molar-refractivity contribution in [1.82, 2.24) is 9.97 Å². The topological polar surface area (TPSA) is 51.8 Å². The standard InChI is InChI=1S/C10H13N3/c1-4-8(7(2)3)9-5-12-6-13-10(9)11/h1,5-8H,2-3H3,(H2,11,12,13). The van der Waals surface area contributed by atoms with Crippen LogP contribution in [0.4, 0.5) is 5.82 Å². The lowest BCUT2D eigenvalue weighted by Gasteiger charge is -2.15. The summed E-state index contributed by atoms with van der Waals surface area (Å²) in [5.74, 6) is 3.52. The summed E-state index contributed by atoms with van der Waals surface area (Å²) in [6.07, 6.45) is 8.52. The highest BCUT2D eigenvalue weighted by Gasteiger charge is 2.16. The molecule has 68 valence electrons. The van der Waals surface area contributed by atoms with E-state index in [1.165, 1.54) is 6.33 Å². The molecule has 0 aliphatic carbocycles. The van der Waals surface area contributed by atoms with E-state index < -0.39 is 0 Å². The molecule has 13 heavy (non-hydrogen) atoms. The Labute approximate surface area is 78.4 Å². The molecule has 1 rings (SSSR count). The molecule has 0 spiro atoms. The van der Waals surface area contributed by atoms with Crippen molar-refractivity contribution in [1.29, 1.82) is 0 Å². The number of hydrogen-bond donors (Lipinski definition) is 1. The largest absolute Gasteiger partial charge is 0.383 e. The van der Waals surface area contributed by atoms with Crippen molar-refractivity contribution in [3.05, 3.63) is 18.1 Å². The molecule has 1 aromatic heterocycles. The quantitative estimate of drug-likeness (QED) is 0.692. The van der Waals surface area contributed by atoms with Crippen LogP contribution in [0.1, 0.15) is 25.3 Å². The monoisotopic (exact) mass is 175 g/mol. The SMILES string of the molecule is C#CC(c1cncnc1N)C(C)C. The zero-order valence-electron chi connectivity index (χ0n) is 7.86. The summed E-state index contributed by atoms with van der Waals surface area (Å²) in [6.45, 7) is 4.11. The number of rotatable bonds is 2. The van der Waals surface area contributed by atoms with Gasteiger partial charge in [0, 0.05) is 11.8 Å². The number of aromatic nitrogens is 2. The van der Waals surface area contributed by atoms with Gasteiger partial charge in [-0.25, -0.2) is 9.97 Å². The molecule has 0 aromatic carbocycles. The van der Waals surface area contributed by atoms with Crippen LogP contribution in [0.3, 0.4) is 0 Å². The average molecular weight is 175 g/mol. The van der Waals surface area contributed by atoms with Crippen molar-refractivity contribution in [3.8, 4) is 12.3 Å². The molecule has 1 atom stereocenters. The second kappa shape index (κ2) is 3.90. The Morgan fingerprint density at radius 2 is 2.23 bits per heavy atom. The van der Waals surface area contributed by atoms with Crippen LogP contribution in [0.25, 0.3) is 0 Å². The molecule has 1 heterocycles. The van der Waals surface area contributed by atoms with Gasteiger partial charge in [-0.15, -0.1) is 6.42 Å². The number of nitrogens with two attached hydrogens (primary N) is 1. The molecule has 0 bridgehead atoms. The van der Waals surface area contributed by atoms with Gasteiger partial charge in [-0.3, -0.25) is 0 Å². The van der Waals surface area contributed by atoms with E-state index in [2.05, 4.69) is 29.7 Å². The van der Waals surface area contributed by atoms with Gasteiger partial charge in [-0.1, -0.05) is 19.8 Å². The van der Waals surface area contributed by atoms with E-state index in [9.17, 15) is 0 Å². The highest BCUT2D eigenvalue weighted by molar-refractivity contribution is 5.42. The summed E-state index contributed by atoms with van der Waals surface area (Å²) in [4.78, 5) is 7.81. The van der Waals surface area contributed by atoms with Crippen LogP contribution in [-0.2, 0) is 0 Å². The molecule has 0 saturated heterocycles. The van der Waals surface area contributed by atoms with Crippen LogP contribution < -0.4 is 5.73 Å². The number of nitrogen functional groups attached to an aromatic ring is 1. The fourth-order valence-corrected chi connectivity index (χ4v) is 1.23. The Morgan fingerprint density at radius 3 is 2.69 bits per heavy atom. The second-order valence-electron chi connectivity index (χ2n) is 3.25. The molecule has 2 N–H and O–H groups in total. The van der Waals surface area contributed by atoms with Crippen LogP contribution in [0, 0.1) is 18.3 Å². The van der Waals surface area contributed by atoms with Gasteiger partial charge >= 0.3 is 0 Å². The number of terminal acetylenes is 1. The van der Waals surface area contributed by atoms with Crippen LogP contribution in [0.15, 0.2) is 12.5 Å². The number of nitrogens with zero attached hydrogens (tertiary/aromatic N) is 2. The third-order valence-electron chi connectivity index (χ3n) is 1.95. The van der Waals surface area contributed by atoms with Crippen molar-refractivity contribution in [3.63, 3.8) is 0 Å². The Bertz CT molecular complexity index is 325. The highest BCUT2D eigenvalue weighted by atomic mass is 14.9. The van der Waals surface area contributed by atoms with Crippen molar-refractivity contribution in [2.45, 2.75) is 19.8 Å².